The number of nitrogens with one attached hydrogen (secondary N) is 2. The first kappa shape index (κ1) is 13.0. The number of anilines is 1. The quantitative estimate of drug-likeness (QED) is 0.665. The van der Waals surface area contributed by atoms with E-state index in [4.69, 9.17) is 5.73 Å². The number of likely N-dealkylation sites (N-methyl/N-ethyl adjacent to an activating group) is 1. The van der Waals surface area contributed by atoms with Crippen molar-refractivity contribution in [3.8, 4) is 0 Å². The van der Waals surface area contributed by atoms with Crippen LogP contribution in [0.2, 0.25) is 0 Å². The zero-order valence-corrected chi connectivity index (χ0v) is 10.2. The largest absolute Gasteiger partial charge is 0.399 e. The Hall–Kier alpha value is -2.04. The van der Waals surface area contributed by atoms with Crippen molar-refractivity contribution in [3.05, 3.63) is 29.3 Å². The van der Waals surface area contributed by atoms with Crippen LogP contribution in [0.3, 0.4) is 0 Å². The number of hydrogen-bond acceptors (Lipinski definition) is 3. The van der Waals surface area contributed by atoms with Gasteiger partial charge >= 0.3 is 0 Å². The highest BCUT2D eigenvalue weighted by atomic mass is 16.2. The van der Waals surface area contributed by atoms with Gasteiger partial charge in [-0.1, -0.05) is 0 Å². The average Bonchev–Trinajstić information content (AvgIpc) is 2.26. The first-order valence-electron chi connectivity index (χ1n) is 5.33. The van der Waals surface area contributed by atoms with Crippen LogP contribution in [-0.2, 0) is 4.79 Å². The van der Waals surface area contributed by atoms with Crippen molar-refractivity contribution in [1.82, 2.24) is 10.6 Å². The van der Waals surface area contributed by atoms with Crippen molar-refractivity contribution < 1.29 is 9.59 Å². The van der Waals surface area contributed by atoms with Crippen LogP contribution in [0.25, 0.3) is 0 Å². The molecule has 1 unspecified atom stereocenters. The third kappa shape index (κ3) is 3.48. The van der Waals surface area contributed by atoms with Gasteiger partial charge < -0.3 is 16.4 Å². The van der Waals surface area contributed by atoms with Crippen LogP contribution in [0, 0.1) is 6.92 Å². The molecule has 1 aromatic rings. The van der Waals surface area contributed by atoms with E-state index < -0.39 is 6.04 Å². The predicted molar refractivity (Wildman–Crippen MR) is 66.6 cm³/mol. The predicted octanol–water partition coefficient (Wildman–Crippen LogP) is 0.442. The second kappa shape index (κ2) is 5.34. The van der Waals surface area contributed by atoms with Gasteiger partial charge in [0.2, 0.25) is 5.91 Å². The SMILES string of the molecule is CNC(=O)C(C)NC(=O)c1cc(C)cc(N)c1. The Balaban J connectivity index is 2.79. The number of carbonyl (C=O) groups is 2. The molecule has 0 saturated carbocycles. The van der Waals surface area contributed by atoms with Crippen molar-refractivity contribution in [2.75, 3.05) is 12.8 Å². The van der Waals surface area contributed by atoms with Crippen LogP contribution in [0.15, 0.2) is 18.2 Å². The number of carbonyl (C=O) groups excluding carboxylic acids is 2. The highest BCUT2D eigenvalue weighted by Gasteiger charge is 2.15. The fourth-order valence-corrected chi connectivity index (χ4v) is 1.51. The van der Waals surface area contributed by atoms with Gasteiger partial charge in [0.15, 0.2) is 0 Å². The van der Waals surface area contributed by atoms with Gasteiger partial charge in [-0.05, 0) is 37.6 Å². The highest BCUT2D eigenvalue weighted by Crippen LogP contribution is 2.11. The summed E-state index contributed by atoms with van der Waals surface area (Å²) in [5, 5.41) is 5.06. The molecular weight excluding hydrogens is 218 g/mol. The number of nitrogens with two attached hydrogens (primary N) is 1. The molecule has 0 heterocycles. The fraction of sp³-hybridized carbons (Fsp3) is 0.333. The molecule has 17 heavy (non-hydrogen) atoms. The number of benzene rings is 1. The van der Waals surface area contributed by atoms with Crippen molar-refractivity contribution in [1.29, 1.82) is 0 Å². The molecule has 1 atom stereocenters. The summed E-state index contributed by atoms with van der Waals surface area (Å²) in [6.45, 7) is 3.48. The number of hydrogen-bond donors (Lipinski definition) is 3. The molecular formula is C12H17N3O2. The van der Waals surface area contributed by atoms with E-state index in [2.05, 4.69) is 10.6 Å². The summed E-state index contributed by atoms with van der Waals surface area (Å²) in [6.07, 6.45) is 0. The molecule has 92 valence electrons. The molecule has 0 aliphatic carbocycles. The van der Waals surface area contributed by atoms with Crippen molar-refractivity contribution in [3.63, 3.8) is 0 Å². The van der Waals surface area contributed by atoms with Gasteiger partial charge in [0.25, 0.3) is 5.91 Å². The Labute approximate surface area is 100 Å². The Morgan fingerprint density at radius 1 is 1.29 bits per heavy atom. The maximum absolute atomic E-state index is 11.8. The van der Waals surface area contributed by atoms with Crippen LogP contribution in [-0.4, -0.2) is 24.9 Å². The lowest BCUT2D eigenvalue weighted by Crippen LogP contribution is -2.43. The summed E-state index contributed by atoms with van der Waals surface area (Å²) in [4.78, 5) is 23.1. The standard InChI is InChI=1S/C12H17N3O2/c1-7-4-9(6-10(13)5-7)12(17)15-8(2)11(16)14-3/h4-6,8H,13H2,1-3H3,(H,14,16)(H,15,17). The first-order valence-corrected chi connectivity index (χ1v) is 5.33. The van der Waals surface area contributed by atoms with E-state index in [0.29, 0.717) is 11.3 Å². The lowest BCUT2D eigenvalue weighted by atomic mass is 10.1. The molecule has 0 bridgehead atoms. The lowest BCUT2D eigenvalue weighted by molar-refractivity contribution is -0.122. The number of aryl methyl sites for hydroxylation is 1. The molecule has 0 aliphatic heterocycles. The van der Waals surface area contributed by atoms with Gasteiger partial charge in [0.05, 0.1) is 0 Å². The average molecular weight is 235 g/mol. The number of amides is 2. The van der Waals surface area contributed by atoms with E-state index >= 15 is 0 Å². The van der Waals surface area contributed by atoms with Crippen LogP contribution in [0.5, 0.6) is 0 Å². The zero-order chi connectivity index (χ0) is 13.0. The Bertz CT molecular complexity index is 423. The minimum absolute atomic E-state index is 0.237. The second-order valence-corrected chi connectivity index (χ2v) is 3.94. The monoisotopic (exact) mass is 235 g/mol. The van der Waals surface area contributed by atoms with Crippen LogP contribution >= 0.6 is 0 Å². The van der Waals surface area contributed by atoms with E-state index in [0.717, 1.165) is 5.56 Å². The summed E-state index contributed by atoms with van der Waals surface area (Å²) < 4.78 is 0. The summed E-state index contributed by atoms with van der Waals surface area (Å²) in [7, 11) is 1.52. The van der Waals surface area contributed by atoms with E-state index in [1.165, 1.54) is 7.05 Å². The number of rotatable bonds is 3. The van der Waals surface area contributed by atoms with Gasteiger partial charge in [0.1, 0.15) is 6.04 Å². The topological polar surface area (TPSA) is 84.2 Å². The van der Waals surface area contributed by atoms with E-state index in [-0.39, 0.29) is 11.8 Å². The lowest BCUT2D eigenvalue weighted by Gasteiger charge is -2.12. The van der Waals surface area contributed by atoms with Crippen molar-refractivity contribution >= 4 is 17.5 Å². The molecule has 0 saturated heterocycles. The Kier molecular flexibility index (Phi) is 4.09. The third-order valence-corrected chi connectivity index (χ3v) is 2.35. The molecule has 5 nitrogen and oxygen atoms in total. The molecule has 0 spiro atoms. The Morgan fingerprint density at radius 2 is 1.94 bits per heavy atom. The molecule has 0 aromatic heterocycles. The molecule has 2 amide bonds. The highest BCUT2D eigenvalue weighted by molar-refractivity contribution is 5.98. The second-order valence-electron chi connectivity index (χ2n) is 3.94. The van der Waals surface area contributed by atoms with Crippen molar-refractivity contribution in [2.24, 2.45) is 0 Å². The third-order valence-electron chi connectivity index (χ3n) is 2.35. The minimum atomic E-state index is -0.575. The normalized spacial score (nSPS) is 11.7. The summed E-state index contributed by atoms with van der Waals surface area (Å²) >= 11 is 0. The summed E-state index contributed by atoms with van der Waals surface area (Å²) in [5.41, 5.74) is 7.55. The molecule has 0 aliphatic rings. The van der Waals surface area contributed by atoms with Crippen molar-refractivity contribution in [2.45, 2.75) is 19.9 Å². The summed E-state index contributed by atoms with van der Waals surface area (Å²) in [6, 6.07) is 4.51. The van der Waals surface area contributed by atoms with Gasteiger partial charge in [-0.15, -0.1) is 0 Å². The smallest absolute Gasteiger partial charge is 0.252 e. The van der Waals surface area contributed by atoms with E-state index in [9.17, 15) is 9.59 Å². The van der Waals surface area contributed by atoms with Crippen LogP contribution in [0.4, 0.5) is 5.69 Å². The Morgan fingerprint density at radius 3 is 2.47 bits per heavy atom. The van der Waals surface area contributed by atoms with E-state index in [1.54, 1.807) is 25.1 Å². The summed E-state index contributed by atoms with van der Waals surface area (Å²) in [5.74, 6) is -0.546. The van der Waals surface area contributed by atoms with Crippen LogP contribution in [0.1, 0.15) is 22.8 Å². The van der Waals surface area contributed by atoms with Gasteiger partial charge in [-0.25, -0.2) is 0 Å². The molecule has 0 radical (unpaired) electrons. The molecule has 4 N–H and O–H groups in total. The molecule has 1 aromatic carbocycles. The van der Waals surface area contributed by atoms with Gasteiger partial charge in [-0.2, -0.15) is 0 Å². The minimum Gasteiger partial charge on any atom is -0.399 e. The van der Waals surface area contributed by atoms with E-state index in [1.807, 2.05) is 6.92 Å². The van der Waals surface area contributed by atoms with Gasteiger partial charge in [-0.3, -0.25) is 9.59 Å². The molecule has 1 rings (SSSR count). The first-order chi connectivity index (χ1) is 7.93. The maximum Gasteiger partial charge on any atom is 0.252 e. The zero-order valence-electron chi connectivity index (χ0n) is 10.2. The van der Waals surface area contributed by atoms with Gasteiger partial charge in [0, 0.05) is 18.3 Å². The molecule has 5 heteroatoms. The van der Waals surface area contributed by atoms with Crippen LogP contribution < -0.4 is 16.4 Å². The maximum atomic E-state index is 11.8. The number of nitrogen functional groups attached to an aromatic ring is 1. The molecule has 0 fully saturated rings. The fourth-order valence-electron chi connectivity index (χ4n) is 1.51.